The van der Waals surface area contributed by atoms with Crippen molar-refractivity contribution in [3.63, 3.8) is 0 Å². The van der Waals surface area contributed by atoms with Gasteiger partial charge < -0.3 is 19.3 Å². The van der Waals surface area contributed by atoms with Crippen molar-refractivity contribution >= 4 is 11.6 Å². The Bertz CT molecular complexity index is 1070. The summed E-state index contributed by atoms with van der Waals surface area (Å²) >= 11 is 0. The monoisotopic (exact) mass is 444 g/mol. The fourth-order valence-electron chi connectivity index (χ4n) is 4.29. The standard InChI is InChI=1S/C28H32N2O3/c1-4-32-27-11-10-23(19-24(27)20-33-26-17-21(2)16-22(3)18-26)28(31)30-14-12-29(13-15-30)25-8-6-5-7-9-25/h5-11,16-19H,4,12-15,20H2,1-3H3. The zero-order valence-corrected chi connectivity index (χ0v) is 19.7. The first-order valence-electron chi connectivity index (χ1n) is 11.6. The molecule has 0 saturated carbocycles. The number of carbonyl (C=O) groups is 1. The quantitative estimate of drug-likeness (QED) is 0.500. The van der Waals surface area contributed by atoms with Crippen molar-refractivity contribution in [3.05, 3.63) is 89.0 Å². The zero-order valence-electron chi connectivity index (χ0n) is 19.7. The number of para-hydroxylation sites is 1. The number of hydrogen-bond acceptors (Lipinski definition) is 4. The van der Waals surface area contributed by atoms with Gasteiger partial charge in [-0.15, -0.1) is 0 Å². The molecule has 0 aromatic heterocycles. The van der Waals surface area contributed by atoms with Gasteiger partial charge in [-0.3, -0.25) is 4.79 Å². The van der Waals surface area contributed by atoms with Crippen LogP contribution in [-0.2, 0) is 6.61 Å². The molecule has 5 heteroatoms. The van der Waals surface area contributed by atoms with Crippen LogP contribution in [0.1, 0.15) is 34.0 Å². The Labute approximate surface area is 196 Å². The molecule has 0 spiro atoms. The molecule has 0 radical (unpaired) electrons. The molecule has 0 N–H and O–H groups in total. The molecule has 1 aliphatic heterocycles. The molecule has 1 aliphatic rings. The number of amides is 1. The minimum absolute atomic E-state index is 0.0541. The molecule has 33 heavy (non-hydrogen) atoms. The first kappa shape index (κ1) is 22.7. The topological polar surface area (TPSA) is 42.0 Å². The Kier molecular flexibility index (Phi) is 7.18. The molecule has 0 unspecified atom stereocenters. The molecule has 3 aromatic rings. The minimum atomic E-state index is 0.0541. The zero-order chi connectivity index (χ0) is 23.2. The van der Waals surface area contributed by atoms with E-state index in [2.05, 4.69) is 49.1 Å². The first-order chi connectivity index (χ1) is 16.0. The van der Waals surface area contributed by atoms with E-state index in [1.807, 2.05) is 48.2 Å². The van der Waals surface area contributed by atoms with Crippen LogP contribution >= 0.6 is 0 Å². The van der Waals surface area contributed by atoms with Crippen LogP contribution in [0.2, 0.25) is 0 Å². The van der Waals surface area contributed by atoms with Gasteiger partial charge in [0.05, 0.1) is 6.61 Å². The van der Waals surface area contributed by atoms with E-state index in [1.165, 1.54) is 5.69 Å². The normalized spacial score (nSPS) is 13.7. The summed E-state index contributed by atoms with van der Waals surface area (Å²) in [7, 11) is 0. The Morgan fingerprint density at radius 2 is 1.55 bits per heavy atom. The first-order valence-corrected chi connectivity index (χ1v) is 11.6. The van der Waals surface area contributed by atoms with Crippen LogP contribution in [0.15, 0.2) is 66.7 Å². The predicted molar refractivity (Wildman–Crippen MR) is 132 cm³/mol. The van der Waals surface area contributed by atoms with E-state index in [0.29, 0.717) is 31.9 Å². The maximum atomic E-state index is 13.3. The molecular weight excluding hydrogens is 412 g/mol. The van der Waals surface area contributed by atoms with Gasteiger partial charge in [-0.05, 0) is 74.4 Å². The molecule has 0 atom stereocenters. The van der Waals surface area contributed by atoms with E-state index >= 15 is 0 Å². The van der Waals surface area contributed by atoms with Crippen LogP contribution in [0.4, 0.5) is 5.69 Å². The lowest BCUT2D eigenvalue weighted by Gasteiger charge is -2.36. The molecule has 0 bridgehead atoms. The van der Waals surface area contributed by atoms with Gasteiger partial charge in [-0.2, -0.15) is 0 Å². The second-order valence-corrected chi connectivity index (χ2v) is 8.48. The van der Waals surface area contributed by atoms with Gasteiger partial charge in [0.25, 0.3) is 5.91 Å². The summed E-state index contributed by atoms with van der Waals surface area (Å²) in [5, 5.41) is 0. The lowest BCUT2D eigenvalue weighted by molar-refractivity contribution is 0.0746. The number of ether oxygens (including phenoxy) is 2. The summed E-state index contributed by atoms with van der Waals surface area (Å²) < 4.78 is 11.9. The second-order valence-electron chi connectivity index (χ2n) is 8.48. The fraction of sp³-hybridized carbons (Fsp3) is 0.321. The molecular formula is C28H32N2O3. The molecule has 1 saturated heterocycles. The van der Waals surface area contributed by atoms with Crippen molar-refractivity contribution in [2.45, 2.75) is 27.4 Å². The van der Waals surface area contributed by atoms with E-state index in [-0.39, 0.29) is 5.91 Å². The lowest BCUT2D eigenvalue weighted by Crippen LogP contribution is -2.48. The van der Waals surface area contributed by atoms with E-state index in [1.54, 1.807) is 0 Å². The van der Waals surface area contributed by atoms with Gasteiger partial charge in [0, 0.05) is 43.0 Å². The number of benzene rings is 3. The molecule has 0 aliphatic carbocycles. The number of hydrogen-bond donors (Lipinski definition) is 0. The van der Waals surface area contributed by atoms with Crippen molar-refractivity contribution in [2.24, 2.45) is 0 Å². The summed E-state index contributed by atoms with van der Waals surface area (Å²) in [6, 6.07) is 22.2. The molecule has 4 rings (SSSR count). The molecule has 172 valence electrons. The molecule has 1 fully saturated rings. The predicted octanol–water partition coefficient (Wildman–Crippen LogP) is 5.24. The molecule has 5 nitrogen and oxygen atoms in total. The van der Waals surface area contributed by atoms with Crippen LogP contribution in [0.25, 0.3) is 0 Å². The highest BCUT2D eigenvalue weighted by molar-refractivity contribution is 5.94. The van der Waals surface area contributed by atoms with Crippen molar-refractivity contribution < 1.29 is 14.3 Å². The van der Waals surface area contributed by atoms with E-state index < -0.39 is 0 Å². The smallest absolute Gasteiger partial charge is 0.253 e. The Hall–Kier alpha value is -3.47. The summed E-state index contributed by atoms with van der Waals surface area (Å²) in [6.45, 7) is 10.0. The van der Waals surface area contributed by atoms with E-state index in [0.717, 1.165) is 41.3 Å². The van der Waals surface area contributed by atoms with Gasteiger partial charge >= 0.3 is 0 Å². The highest BCUT2D eigenvalue weighted by atomic mass is 16.5. The Balaban J connectivity index is 1.45. The number of piperazine rings is 1. The highest BCUT2D eigenvalue weighted by Gasteiger charge is 2.23. The highest BCUT2D eigenvalue weighted by Crippen LogP contribution is 2.25. The number of anilines is 1. The minimum Gasteiger partial charge on any atom is -0.493 e. The maximum absolute atomic E-state index is 13.3. The van der Waals surface area contributed by atoms with Gasteiger partial charge in [0.15, 0.2) is 0 Å². The average Bonchev–Trinajstić information content (AvgIpc) is 2.83. The van der Waals surface area contributed by atoms with Crippen molar-refractivity contribution in [2.75, 3.05) is 37.7 Å². The summed E-state index contributed by atoms with van der Waals surface area (Å²) in [5.74, 6) is 1.63. The number of rotatable bonds is 7. The SMILES string of the molecule is CCOc1ccc(C(=O)N2CCN(c3ccccc3)CC2)cc1COc1cc(C)cc(C)c1. The number of aryl methyl sites for hydroxylation is 2. The van der Waals surface area contributed by atoms with Gasteiger partial charge in [0.1, 0.15) is 18.1 Å². The summed E-state index contributed by atoms with van der Waals surface area (Å²) in [6.07, 6.45) is 0. The Morgan fingerprint density at radius 3 is 2.21 bits per heavy atom. The lowest BCUT2D eigenvalue weighted by atomic mass is 10.1. The van der Waals surface area contributed by atoms with Crippen LogP contribution in [0.5, 0.6) is 11.5 Å². The van der Waals surface area contributed by atoms with Crippen LogP contribution in [-0.4, -0.2) is 43.6 Å². The molecule has 1 heterocycles. The van der Waals surface area contributed by atoms with Crippen LogP contribution in [0.3, 0.4) is 0 Å². The Morgan fingerprint density at radius 1 is 0.848 bits per heavy atom. The largest absolute Gasteiger partial charge is 0.493 e. The van der Waals surface area contributed by atoms with Gasteiger partial charge in [-0.1, -0.05) is 24.3 Å². The fourth-order valence-corrected chi connectivity index (χ4v) is 4.29. The van der Waals surface area contributed by atoms with Crippen molar-refractivity contribution in [3.8, 4) is 11.5 Å². The third-order valence-corrected chi connectivity index (χ3v) is 5.89. The average molecular weight is 445 g/mol. The van der Waals surface area contributed by atoms with E-state index in [9.17, 15) is 4.79 Å². The van der Waals surface area contributed by atoms with Crippen molar-refractivity contribution in [1.82, 2.24) is 4.90 Å². The second kappa shape index (κ2) is 10.4. The molecule has 1 amide bonds. The maximum Gasteiger partial charge on any atom is 0.253 e. The van der Waals surface area contributed by atoms with Crippen LogP contribution in [0, 0.1) is 13.8 Å². The van der Waals surface area contributed by atoms with Gasteiger partial charge in [0.2, 0.25) is 0 Å². The summed E-state index contributed by atoms with van der Waals surface area (Å²) in [5.41, 5.74) is 5.08. The van der Waals surface area contributed by atoms with E-state index in [4.69, 9.17) is 9.47 Å². The van der Waals surface area contributed by atoms with Crippen molar-refractivity contribution in [1.29, 1.82) is 0 Å². The number of nitrogens with zero attached hydrogens (tertiary/aromatic N) is 2. The third-order valence-electron chi connectivity index (χ3n) is 5.89. The summed E-state index contributed by atoms with van der Waals surface area (Å²) in [4.78, 5) is 17.5. The number of carbonyl (C=O) groups excluding carboxylic acids is 1. The third kappa shape index (κ3) is 5.67. The van der Waals surface area contributed by atoms with Crippen LogP contribution < -0.4 is 14.4 Å². The van der Waals surface area contributed by atoms with Gasteiger partial charge in [-0.25, -0.2) is 0 Å². The molecule has 3 aromatic carbocycles.